The molecule has 1 aliphatic heterocycles. The summed E-state index contributed by atoms with van der Waals surface area (Å²) < 4.78 is 0. The van der Waals surface area contributed by atoms with Gasteiger partial charge in [-0.15, -0.1) is 0 Å². The Labute approximate surface area is 162 Å². The third-order valence-electron chi connectivity index (χ3n) is 4.92. The highest BCUT2D eigenvalue weighted by atomic mass is 16.6. The first-order valence-corrected chi connectivity index (χ1v) is 9.06. The number of benzene rings is 3. The van der Waals surface area contributed by atoms with Crippen molar-refractivity contribution in [2.45, 2.75) is 12.5 Å². The highest BCUT2D eigenvalue weighted by molar-refractivity contribution is 5.99. The highest BCUT2D eigenvalue weighted by Crippen LogP contribution is 2.36. The van der Waals surface area contributed by atoms with Crippen molar-refractivity contribution in [1.82, 2.24) is 0 Å². The number of nitrogens with one attached hydrogen (secondary N) is 1. The van der Waals surface area contributed by atoms with Crippen LogP contribution >= 0.6 is 0 Å². The monoisotopic (exact) mass is 373 g/mol. The third kappa shape index (κ3) is 3.44. The van der Waals surface area contributed by atoms with E-state index in [4.69, 9.17) is 0 Å². The van der Waals surface area contributed by atoms with Gasteiger partial charge in [0.2, 0.25) is 5.91 Å². The maximum Gasteiger partial charge on any atom is 0.273 e. The SMILES string of the molecule is O=C(Cc1ccccc1[N+](=O)[O-])N1CC(c2ccccc2)Nc2ccccc21. The molecular formula is C22H19N3O3. The molecule has 0 bridgehead atoms. The predicted octanol–water partition coefficient (Wildman–Crippen LogP) is 4.34. The van der Waals surface area contributed by atoms with E-state index < -0.39 is 4.92 Å². The Balaban J connectivity index is 1.66. The van der Waals surface area contributed by atoms with Gasteiger partial charge in [0, 0.05) is 11.6 Å². The van der Waals surface area contributed by atoms with E-state index in [0.29, 0.717) is 12.1 Å². The Morgan fingerprint density at radius 3 is 2.46 bits per heavy atom. The van der Waals surface area contributed by atoms with E-state index >= 15 is 0 Å². The van der Waals surface area contributed by atoms with Crippen LogP contribution in [-0.4, -0.2) is 17.4 Å². The van der Waals surface area contributed by atoms with Crippen LogP contribution in [0.4, 0.5) is 17.1 Å². The largest absolute Gasteiger partial charge is 0.375 e. The van der Waals surface area contributed by atoms with Crippen molar-refractivity contribution in [2.75, 3.05) is 16.8 Å². The average molecular weight is 373 g/mol. The van der Waals surface area contributed by atoms with Gasteiger partial charge >= 0.3 is 0 Å². The van der Waals surface area contributed by atoms with E-state index in [1.807, 2.05) is 54.6 Å². The molecule has 140 valence electrons. The minimum atomic E-state index is -0.443. The molecule has 1 unspecified atom stereocenters. The summed E-state index contributed by atoms with van der Waals surface area (Å²) >= 11 is 0. The lowest BCUT2D eigenvalue weighted by molar-refractivity contribution is -0.385. The number of fused-ring (bicyclic) bond motifs is 1. The van der Waals surface area contributed by atoms with Crippen LogP contribution in [0.15, 0.2) is 78.9 Å². The molecule has 0 spiro atoms. The van der Waals surface area contributed by atoms with Gasteiger partial charge in [-0.3, -0.25) is 14.9 Å². The van der Waals surface area contributed by atoms with Gasteiger partial charge in [0.05, 0.1) is 35.3 Å². The molecule has 3 aromatic carbocycles. The van der Waals surface area contributed by atoms with E-state index in [0.717, 1.165) is 16.9 Å². The molecule has 0 aromatic heterocycles. The Bertz CT molecular complexity index is 1020. The van der Waals surface area contributed by atoms with Crippen LogP contribution in [0.2, 0.25) is 0 Å². The lowest BCUT2D eigenvalue weighted by Gasteiger charge is -2.36. The van der Waals surface area contributed by atoms with Crippen molar-refractivity contribution in [3.8, 4) is 0 Å². The maximum atomic E-state index is 13.2. The Morgan fingerprint density at radius 2 is 1.68 bits per heavy atom. The number of nitro benzene ring substituents is 1. The Morgan fingerprint density at radius 1 is 1.00 bits per heavy atom. The summed E-state index contributed by atoms with van der Waals surface area (Å²) in [5.74, 6) is -0.163. The van der Waals surface area contributed by atoms with Crippen molar-refractivity contribution in [1.29, 1.82) is 0 Å². The fourth-order valence-electron chi connectivity index (χ4n) is 3.55. The quantitative estimate of drug-likeness (QED) is 0.545. The van der Waals surface area contributed by atoms with E-state index in [-0.39, 0.29) is 24.1 Å². The van der Waals surface area contributed by atoms with Crippen LogP contribution in [0.3, 0.4) is 0 Å². The second-order valence-corrected chi connectivity index (χ2v) is 6.69. The lowest BCUT2D eigenvalue weighted by atomic mass is 10.0. The van der Waals surface area contributed by atoms with Gasteiger partial charge in [-0.2, -0.15) is 0 Å². The maximum absolute atomic E-state index is 13.2. The fourth-order valence-corrected chi connectivity index (χ4v) is 3.55. The first-order valence-electron chi connectivity index (χ1n) is 9.06. The molecule has 6 nitrogen and oxygen atoms in total. The van der Waals surface area contributed by atoms with E-state index in [1.54, 1.807) is 23.1 Å². The molecule has 28 heavy (non-hydrogen) atoms. The van der Waals surface area contributed by atoms with Crippen molar-refractivity contribution < 1.29 is 9.72 Å². The molecule has 0 saturated carbocycles. The number of amides is 1. The van der Waals surface area contributed by atoms with Gasteiger partial charge in [0.1, 0.15) is 0 Å². The van der Waals surface area contributed by atoms with Crippen molar-refractivity contribution in [3.63, 3.8) is 0 Å². The Kier molecular flexibility index (Phi) is 4.76. The van der Waals surface area contributed by atoms with Crippen LogP contribution < -0.4 is 10.2 Å². The predicted molar refractivity (Wildman–Crippen MR) is 108 cm³/mol. The van der Waals surface area contributed by atoms with Gasteiger partial charge < -0.3 is 10.2 Å². The number of nitro groups is 1. The summed E-state index contributed by atoms with van der Waals surface area (Å²) in [4.78, 5) is 25.7. The zero-order valence-electron chi connectivity index (χ0n) is 15.1. The van der Waals surface area contributed by atoms with Gasteiger partial charge in [-0.05, 0) is 17.7 Å². The molecule has 1 N–H and O–H groups in total. The molecule has 0 saturated heterocycles. The summed E-state index contributed by atoms with van der Waals surface area (Å²) in [7, 11) is 0. The van der Waals surface area contributed by atoms with Crippen LogP contribution in [-0.2, 0) is 11.2 Å². The van der Waals surface area contributed by atoms with Crippen molar-refractivity contribution >= 4 is 23.0 Å². The number of carbonyl (C=O) groups excluding carboxylic acids is 1. The van der Waals surface area contributed by atoms with E-state index in [9.17, 15) is 14.9 Å². The molecule has 0 aliphatic carbocycles. The minimum absolute atomic E-state index is 0.0208. The molecule has 3 aromatic rings. The fraction of sp³-hybridized carbons (Fsp3) is 0.136. The zero-order chi connectivity index (χ0) is 19.5. The molecule has 0 radical (unpaired) electrons. The molecule has 6 heteroatoms. The lowest BCUT2D eigenvalue weighted by Crippen LogP contribution is -2.41. The minimum Gasteiger partial charge on any atom is -0.375 e. The standard InChI is InChI=1S/C22H19N3O3/c26-22(14-17-10-4-6-12-20(17)25(27)28)24-15-19(16-8-2-1-3-9-16)23-18-11-5-7-13-21(18)24/h1-13,19,23H,14-15H2. The summed E-state index contributed by atoms with van der Waals surface area (Å²) in [5, 5.41) is 14.8. The molecule has 1 heterocycles. The number of nitrogens with zero attached hydrogens (tertiary/aromatic N) is 2. The third-order valence-corrected chi connectivity index (χ3v) is 4.92. The van der Waals surface area contributed by atoms with E-state index in [1.165, 1.54) is 6.07 Å². The molecule has 4 rings (SSSR count). The van der Waals surface area contributed by atoms with Crippen molar-refractivity contribution in [3.05, 3.63) is 100 Å². The molecule has 1 amide bonds. The van der Waals surface area contributed by atoms with Gasteiger partial charge in [-0.25, -0.2) is 0 Å². The average Bonchev–Trinajstić information content (AvgIpc) is 2.73. The smallest absolute Gasteiger partial charge is 0.273 e. The van der Waals surface area contributed by atoms with Gasteiger partial charge in [0.25, 0.3) is 5.69 Å². The molecular weight excluding hydrogens is 354 g/mol. The normalized spacial score (nSPS) is 15.4. The summed E-state index contributed by atoms with van der Waals surface area (Å²) in [6, 6.07) is 23.9. The number of para-hydroxylation sites is 3. The number of rotatable bonds is 4. The molecule has 1 atom stereocenters. The van der Waals surface area contributed by atoms with Crippen LogP contribution in [0.25, 0.3) is 0 Å². The van der Waals surface area contributed by atoms with Gasteiger partial charge in [0.15, 0.2) is 0 Å². The summed E-state index contributed by atoms with van der Waals surface area (Å²) in [6.07, 6.45) is -0.0208. The van der Waals surface area contributed by atoms with Crippen LogP contribution in [0.1, 0.15) is 17.2 Å². The number of carbonyl (C=O) groups is 1. The number of anilines is 2. The number of hydrogen-bond donors (Lipinski definition) is 1. The molecule has 0 fully saturated rings. The second-order valence-electron chi connectivity index (χ2n) is 6.69. The first kappa shape index (κ1) is 17.7. The number of hydrogen-bond acceptors (Lipinski definition) is 4. The Hall–Kier alpha value is -3.67. The summed E-state index contributed by atoms with van der Waals surface area (Å²) in [5.41, 5.74) is 3.14. The highest BCUT2D eigenvalue weighted by Gasteiger charge is 2.29. The van der Waals surface area contributed by atoms with E-state index in [2.05, 4.69) is 5.32 Å². The zero-order valence-corrected chi connectivity index (χ0v) is 15.1. The summed E-state index contributed by atoms with van der Waals surface area (Å²) in [6.45, 7) is 0.459. The van der Waals surface area contributed by atoms with Gasteiger partial charge in [-0.1, -0.05) is 60.7 Å². The second kappa shape index (κ2) is 7.52. The van der Waals surface area contributed by atoms with Crippen LogP contribution in [0, 0.1) is 10.1 Å². The molecule has 1 aliphatic rings. The first-order chi connectivity index (χ1) is 13.6. The topological polar surface area (TPSA) is 75.5 Å². The van der Waals surface area contributed by atoms with Crippen LogP contribution in [0.5, 0.6) is 0 Å². The van der Waals surface area contributed by atoms with Crippen molar-refractivity contribution in [2.24, 2.45) is 0 Å².